The maximum atomic E-state index is 12.8. The number of carbonyl (C=O) groups excluding carboxylic acids is 2. The second kappa shape index (κ2) is 8.75. The fourth-order valence-corrected chi connectivity index (χ4v) is 3.74. The average molecular weight is 474 g/mol. The lowest BCUT2D eigenvalue weighted by molar-refractivity contribution is 0.0920. The van der Waals surface area contributed by atoms with Gasteiger partial charge in [-0.05, 0) is 67.1 Å². The number of carbonyl (C=O) groups is 2. The van der Waals surface area contributed by atoms with E-state index in [-0.39, 0.29) is 23.9 Å². The van der Waals surface area contributed by atoms with Crippen LogP contribution in [0.3, 0.4) is 0 Å². The van der Waals surface area contributed by atoms with Crippen molar-refractivity contribution in [1.29, 1.82) is 0 Å². The Morgan fingerprint density at radius 3 is 2.42 bits per heavy atom. The summed E-state index contributed by atoms with van der Waals surface area (Å²) in [7, 11) is 0. The predicted molar refractivity (Wildman–Crippen MR) is 122 cm³/mol. The average Bonchev–Trinajstić information content (AvgIpc) is 3.06. The molecule has 0 unspecified atom stereocenters. The summed E-state index contributed by atoms with van der Waals surface area (Å²) < 4.78 is 11.5. The van der Waals surface area contributed by atoms with Gasteiger partial charge in [0.05, 0.1) is 5.56 Å². The Labute approximate surface area is 193 Å². The smallest absolute Gasteiger partial charge is 0.231 e. The summed E-state index contributed by atoms with van der Waals surface area (Å²) in [5.41, 5.74) is 2.16. The summed E-state index contributed by atoms with van der Waals surface area (Å²) in [6, 6.07) is 14.8. The maximum Gasteiger partial charge on any atom is 0.231 e. The fraction of sp³-hybridized carbons (Fsp3) is 0.0833. The minimum absolute atomic E-state index is 0.150. The highest BCUT2D eigenvalue weighted by Crippen LogP contribution is 2.39. The van der Waals surface area contributed by atoms with Crippen molar-refractivity contribution in [2.24, 2.45) is 0 Å². The standard InChI is InChI=1S/C24H15Cl3O4/c1-13-21(30-12-20(28)14-2-5-16(25)6-3-14)9-8-18-23(29)22(31-24(13)18)10-15-4-7-17(26)11-19(15)27/h2-11H,12H2,1H3/b22-10-. The number of halogens is 3. The van der Waals surface area contributed by atoms with Gasteiger partial charge in [0.15, 0.2) is 18.1 Å². The van der Waals surface area contributed by atoms with Crippen molar-refractivity contribution < 1.29 is 19.1 Å². The van der Waals surface area contributed by atoms with Crippen LogP contribution in [0.4, 0.5) is 0 Å². The zero-order valence-corrected chi connectivity index (χ0v) is 18.5. The molecule has 0 spiro atoms. The Morgan fingerprint density at radius 2 is 1.71 bits per heavy atom. The van der Waals surface area contributed by atoms with Crippen LogP contribution in [-0.4, -0.2) is 18.2 Å². The quantitative estimate of drug-likeness (QED) is 0.301. The van der Waals surface area contributed by atoms with Crippen LogP contribution < -0.4 is 9.47 Å². The van der Waals surface area contributed by atoms with Gasteiger partial charge in [0.1, 0.15) is 11.5 Å². The molecule has 4 nitrogen and oxygen atoms in total. The Bertz CT molecular complexity index is 1230. The Hall–Kier alpha value is -2.79. The van der Waals surface area contributed by atoms with E-state index in [0.29, 0.717) is 48.8 Å². The van der Waals surface area contributed by atoms with Gasteiger partial charge in [-0.3, -0.25) is 9.59 Å². The maximum absolute atomic E-state index is 12.8. The van der Waals surface area contributed by atoms with E-state index in [1.807, 2.05) is 0 Å². The number of hydrogen-bond acceptors (Lipinski definition) is 4. The van der Waals surface area contributed by atoms with Crippen LogP contribution >= 0.6 is 34.8 Å². The highest BCUT2D eigenvalue weighted by Gasteiger charge is 2.30. The van der Waals surface area contributed by atoms with Crippen LogP contribution in [0.5, 0.6) is 11.5 Å². The van der Waals surface area contributed by atoms with Gasteiger partial charge >= 0.3 is 0 Å². The van der Waals surface area contributed by atoms with E-state index in [1.54, 1.807) is 67.6 Å². The van der Waals surface area contributed by atoms with Crippen molar-refractivity contribution in [3.63, 3.8) is 0 Å². The molecule has 4 rings (SSSR count). The summed E-state index contributed by atoms with van der Waals surface area (Å²) in [6.45, 7) is 1.62. The van der Waals surface area contributed by atoms with Crippen LogP contribution in [-0.2, 0) is 0 Å². The largest absolute Gasteiger partial charge is 0.485 e. The zero-order chi connectivity index (χ0) is 22.1. The van der Waals surface area contributed by atoms with Crippen molar-refractivity contribution in [2.75, 3.05) is 6.61 Å². The highest BCUT2D eigenvalue weighted by atomic mass is 35.5. The van der Waals surface area contributed by atoms with Gasteiger partial charge in [-0.2, -0.15) is 0 Å². The molecule has 1 aliphatic rings. The molecule has 3 aromatic rings. The van der Waals surface area contributed by atoms with Crippen molar-refractivity contribution in [3.8, 4) is 11.5 Å². The van der Waals surface area contributed by atoms with Gasteiger partial charge in [0, 0.05) is 26.2 Å². The fourth-order valence-electron chi connectivity index (χ4n) is 3.15. The SMILES string of the molecule is Cc1c(OCC(=O)c2ccc(Cl)cc2)ccc2c1O/C(=C\c1ccc(Cl)cc1Cl)C2=O. The van der Waals surface area contributed by atoms with Crippen LogP contribution in [0, 0.1) is 6.92 Å². The summed E-state index contributed by atoms with van der Waals surface area (Å²) in [5.74, 6) is 0.563. The number of benzene rings is 3. The molecule has 7 heteroatoms. The van der Waals surface area contributed by atoms with E-state index in [1.165, 1.54) is 0 Å². The molecule has 31 heavy (non-hydrogen) atoms. The molecule has 1 heterocycles. The lowest BCUT2D eigenvalue weighted by Crippen LogP contribution is -2.12. The molecule has 156 valence electrons. The molecule has 0 bridgehead atoms. The highest BCUT2D eigenvalue weighted by molar-refractivity contribution is 6.35. The Balaban J connectivity index is 1.54. The summed E-state index contributed by atoms with van der Waals surface area (Å²) in [4.78, 5) is 25.1. The number of allylic oxidation sites excluding steroid dienone is 1. The molecule has 0 aromatic heterocycles. The van der Waals surface area contributed by atoms with E-state index in [2.05, 4.69) is 0 Å². The number of Topliss-reactive ketones (excluding diaryl/α,β-unsaturated/α-hetero) is 2. The van der Waals surface area contributed by atoms with Gasteiger partial charge in [-0.15, -0.1) is 0 Å². The Kier molecular flexibility index (Phi) is 6.05. The first kappa shape index (κ1) is 21.4. The molecule has 0 amide bonds. The van der Waals surface area contributed by atoms with Gasteiger partial charge in [0.2, 0.25) is 5.78 Å². The molecule has 3 aromatic carbocycles. The molecule has 0 fully saturated rings. The molecule has 0 saturated heterocycles. The van der Waals surface area contributed by atoms with Crippen LogP contribution in [0.2, 0.25) is 15.1 Å². The minimum atomic E-state index is -0.257. The third kappa shape index (κ3) is 4.47. The molecule has 0 aliphatic carbocycles. The summed E-state index contributed by atoms with van der Waals surface area (Å²) in [5, 5.41) is 1.46. The van der Waals surface area contributed by atoms with E-state index >= 15 is 0 Å². The first-order valence-corrected chi connectivity index (χ1v) is 10.4. The third-order valence-electron chi connectivity index (χ3n) is 4.81. The molecular formula is C24H15Cl3O4. The summed E-state index contributed by atoms with van der Waals surface area (Å²) >= 11 is 18.0. The van der Waals surface area contributed by atoms with Crippen molar-refractivity contribution in [2.45, 2.75) is 6.92 Å². The van der Waals surface area contributed by atoms with E-state index in [4.69, 9.17) is 44.3 Å². The number of fused-ring (bicyclic) bond motifs is 1. The van der Waals surface area contributed by atoms with Crippen molar-refractivity contribution in [3.05, 3.63) is 97.7 Å². The second-order valence-electron chi connectivity index (χ2n) is 6.89. The van der Waals surface area contributed by atoms with Crippen LogP contribution in [0.1, 0.15) is 31.8 Å². The first-order valence-electron chi connectivity index (χ1n) is 9.28. The monoisotopic (exact) mass is 472 g/mol. The number of hydrogen-bond donors (Lipinski definition) is 0. The topological polar surface area (TPSA) is 52.6 Å². The lowest BCUT2D eigenvalue weighted by Gasteiger charge is -2.11. The van der Waals surface area contributed by atoms with E-state index in [0.717, 1.165) is 0 Å². The van der Waals surface area contributed by atoms with E-state index < -0.39 is 0 Å². The zero-order valence-electron chi connectivity index (χ0n) is 16.2. The molecule has 0 saturated carbocycles. The van der Waals surface area contributed by atoms with Crippen LogP contribution in [0.15, 0.2) is 60.4 Å². The van der Waals surface area contributed by atoms with Gasteiger partial charge in [0.25, 0.3) is 0 Å². The molecule has 0 radical (unpaired) electrons. The third-order valence-corrected chi connectivity index (χ3v) is 5.63. The minimum Gasteiger partial charge on any atom is -0.485 e. The molecule has 0 N–H and O–H groups in total. The van der Waals surface area contributed by atoms with Gasteiger partial charge in [-0.25, -0.2) is 0 Å². The van der Waals surface area contributed by atoms with Crippen LogP contribution in [0.25, 0.3) is 6.08 Å². The number of ketones is 2. The van der Waals surface area contributed by atoms with Gasteiger partial charge < -0.3 is 9.47 Å². The normalized spacial score (nSPS) is 13.8. The Morgan fingerprint density at radius 1 is 1.00 bits per heavy atom. The lowest BCUT2D eigenvalue weighted by atomic mass is 10.1. The number of rotatable bonds is 5. The second-order valence-corrected chi connectivity index (χ2v) is 8.17. The molecular weight excluding hydrogens is 459 g/mol. The van der Waals surface area contributed by atoms with E-state index in [9.17, 15) is 9.59 Å². The van der Waals surface area contributed by atoms with Crippen molar-refractivity contribution in [1.82, 2.24) is 0 Å². The van der Waals surface area contributed by atoms with Gasteiger partial charge in [-0.1, -0.05) is 40.9 Å². The molecule has 1 aliphatic heterocycles. The number of ether oxygens (including phenoxy) is 2. The molecule has 0 atom stereocenters. The van der Waals surface area contributed by atoms with Crippen molar-refractivity contribution >= 4 is 52.4 Å². The predicted octanol–water partition coefficient (Wildman–Crippen LogP) is 6.83. The summed E-state index contributed by atoms with van der Waals surface area (Å²) in [6.07, 6.45) is 1.57. The first-order chi connectivity index (χ1) is 14.8.